The minimum Gasteiger partial charge on any atom is -1.00 e. The molecule has 1 heteroatoms. The van der Waals surface area contributed by atoms with E-state index in [0.29, 0.717) is 0 Å². The maximum Gasteiger partial charge on any atom is -1.00 e. The molecule has 1 fully saturated rings. The molecule has 0 amide bonds. The molecule has 1 rings (SSSR count). The third-order valence-electron chi connectivity index (χ3n) is 2.15. The van der Waals surface area contributed by atoms with Crippen molar-refractivity contribution in [2.45, 2.75) is 49.7 Å². The molecule has 0 aromatic heterocycles. The van der Waals surface area contributed by atoms with Crippen molar-refractivity contribution in [3.8, 4) is 0 Å². The summed E-state index contributed by atoms with van der Waals surface area (Å²) in [5.74, 6) is 0. The van der Waals surface area contributed by atoms with Crippen LogP contribution < -0.4 is 0 Å². The van der Waals surface area contributed by atoms with Crippen LogP contribution in [0.15, 0.2) is 0 Å². The van der Waals surface area contributed by atoms with Crippen molar-refractivity contribution in [2.24, 2.45) is 0 Å². The van der Waals surface area contributed by atoms with Crippen LogP contribution >= 0.6 is 0 Å². The summed E-state index contributed by atoms with van der Waals surface area (Å²) in [5, 5.41) is 0. The second-order valence-corrected chi connectivity index (χ2v) is 4.05. The molecule has 0 spiro atoms. The predicted molar refractivity (Wildman–Crippen MR) is 44.0 cm³/mol. The van der Waals surface area contributed by atoms with Gasteiger partial charge in [-0.3, -0.25) is 0 Å². The van der Waals surface area contributed by atoms with Gasteiger partial charge in [0.25, 0.3) is 0 Å². The maximum atomic E-state index is 2.96. The molecule has 1 aliphatic rings. The molecule has 0 unspecified atom stereocenters. The van der Waals surface area contributed by atoms with E-state index in [4.69, 9.17) is 0 Å². The van der Waals surface area contributed by atoms with Crippen molar-refractivity contribution in [1.82, 2.24) is 0 Å². The summed E-state index contributed by atoms with van der Waals surface area (Å²) < 4.78 is 0.935. The van der Waals surface area contributed by atoms with Gasteiger partial charge in [0.05, 0.1) is 0 Å². The van der Waals surface area contributed by atoms with E-state index in [0.717, 1.165) is 4.78 Å². The Morgan fingerprint density at radius 1 is 0.889 bits per heavy atom. The second-order valence-electron chi connectivity index (χ2n) is 3.11. The first-order chi connectivity index (χ1) is 4.39. The van der Waals surface area contributed by atoms with Gasteiger partial charge in [0.1, 0.15) is 0 Å². The quantitative estimate of drug-likeness (QED) is 0.454. The molecule has 0 aliphatic heterocycles. The Labute approximate surface area is 69.4 Å². The average molecular weight is 140 g/mol. The van der Waals surface area contributed by atoms with Gasteiger partial charge in [-0.1, -0.05) is 0 Å². The molecule has 0 radical (unpaired) electrons. The van der Waals surface area contributed by atoms with Crippen LogP contribution in [0, 0.1) is 0 Å². The van der Waals surface area contributed by atoms with E-state index in [9.17, 15) is 0 Å². The Bertz CT molecular complexity index is 70.5. The van der Waals surface area contributed by atoms with Crippen molar-refractivity contribution in [3.05, 3.63) is 0 Å². The molecule has 0 aromatic rings. The van der Waals surface area contributed by atoms with Gasteiger partial charge in [0, 0.05) is 0 Å². The molecule has 1 aliphatic carbocycles. The SMILES string of the molecule is [Al+2][CH]1CCCCCCC1.[H-].[H-]. The third-order valence-corrected chi connectivity index (χ3v) is 2.82. The molecule has 52 valence electrons. The summed E-state index contributed by atoms with van der Waals surface area (Å²) in [5.41, 5.74) is 0. The van der Waals surface area contributed by atoms with Gasteiger partial charge in [-0.25, -0.2) is 0 Å². The van der Waals surface area contributed by atoms with Crippen molar-refractivity contribution < 1.29 is 2.85 Å². The van der Waals surface area contributed by atoms with E-state index < -0.39 is 0 Å². The smallest absolute Gasteiger partial charge is 1.00 e. The minimum atomic E-state index is 0. The van der Waals surface area contributed by atoms with E-state index in [-0.39, 0.29) is 2.85 Å². The Hall–Kier alpha value is 0.532. The van der Waals surface area contributed by atoms with Crippen LogP contribution in [0.3, 0.4) is 0 Å². The minimum absolute atomic E-state index is 0. The summed E-state index contributed by atoms with van der Waals surface area (Å²) in [7, 11) is 0. The van der Waals surface area contributed by atoms with E-state index in [2.05, 4.69) is 16.3 Å². The first-order valence-electron chi connectivity index (χ1n) is 4.15. The van der Waals surface area contributed by atoms with E-state index in [1.807, 2.05) is 0 Å². The molecule has 0 bridgehead atoms. The zero-order valence-electron chi connectivity index (χ0n) is 8.10. The first kappa shape index (κ1) is 7.64. The monoisotopic (exact) mass is 140 g/mol. The molecule has 1 saturated carbocycles. The second kappa shape index (κ2) is 4.36. The van der Waals surface area contributed by atoms with Gasteiger partial charge >= 0.3 is 66.0 Å². The number of rotatable bonds is 0. The Balaban J connectivity index is 0. The van der Waals surface area contributed by atoms with Crippen molar-refractivity contribution >= 4 is 16.3 Å². The normalized spacial score (nSPS) is 25.1. The average Bonchev–Trinajstić information content (AvgIpc) is 1.79. The summed E-state index contributed by atoms with van der Waals surface area (Å²) in [6.45, 7) is 0. The summed E-state index contributed by atoms with van der Waals surface area (Å²) in [6.07, 6.45) is 10.3. The zero-order chi connectivity index (χ0) is 6.53. The van der Waals surface area contributed by atoms with Crippen molar-refractivity contribution in [2.75, 3.05) is 0 Å². The number of hydrogen-bond donors (Lipinski definition) is 0. The van der Waals surface area contributed by atoms with Crippen LogP contribution in [0.2, 0.25) is 4.78 Å². The topological polar surface area (TPSA) is 0 Å². The van der Waals surface area contributed by atoms with Crippen LogP contribution in [0.25, 0.3) is 0 Å². The Morgan fingerprint density at radius 3 is 1.89 bits per heavy atom. The molecule has 0 nitrogen and oxygen atoms in total. The van der Waals surface area contributed by atoms with Crippen LogP contribution in [-0.2, 0) is 0 Å². The molecule has 0 aromatic carbocycles. The fourth-order valence-electron chi connectivity index (χ4n) is 1.49. The van der Waals surface area contributed by atoms with Crippen LogP contribution in [0.5, 0.6) is 0 Å². The first-order valence-corrected chi connectivity index (χ1v) is 4.82. The molecular weight excluding hydrogens is 123 g/mol. The molecule has 0 heterocycles. The van der Waals surface area contributed by atoms with Gasteiger partial charge in [0.15, 0.2) is 0 Å². The Morgan fingerprint density at radius 2 is 1.33 bits per heavy atom. The van der Waals surface area contributed by atoms with Crippen LogP contribution in [0.1, 0.15) is 47.8 Å². The van der Waals surface area contributed by atoms with E-state index >= 15 is 0 Å². The van der Waals surface area contributed by atoms with Gasteiger partial charge in [-0.2, -0.15) is 0 Å². The molecule has 0 saturated heterocycles. The predicted octanol–water partition coefficient (Wildman–Crippen LogP) is 2.91. The Kier molecular flexibility index (Phi) is 3.70. The molecular formula is C8H17Al. The van der Waals surface area contributed by atoms with Gasteiger partial charge in [-0.15, -0.1) is 0 Å². The van der Waals surface area contributed by atoms with Gasteiger partial charge in [0.2, 0.25) is 0 Å². The van der Waals surface area contributed by atoms with Crippen molar-refractivity contribution in [1.29, 1.82) is 0 Å². The standard InChI is InChI=1S/C8H15.Al.2H/c1-2-4-6-8-7-5-3-1;;;/h1H,2-8H2;;;/q;+2;2*-1. The fourth-order valence-corrected chi connectivity index (χ4v) is 1.96. The third kappa shape index (κ3) is 3.28. The van der Waals surface area contributed by atoms with Crippen LogP contribution in [-0.4, -0.2) is 16.3 Å². The fraction of sp³-hybridized carbons (Fsp3) is 1.00. The summed E-state index contributed by atoms with van der Waals surface area (Å²) in [4.78, 5) is 0. The molecule has 9 heavy (non-hydrogen) atoms. The van der Waals surface area contributed by atoms with Gasteiger partial charge < -0.3 is 2.85 Å². The maximum absolute atomic E-state index is 2.96. The van der Waals surface area contributed by atoms with Crippen molar-refractivity contribution in [3.63, 3.8) is 0 Å². The molecule has 0 N–H and O–H groups in total. The van der Waals surface area contributed by atoms with E-state index in [1.54, 1.807) is 0 Å². The summed E-state index contributed by atoms with van der Waals surface area (Å²) >= 11 is 2.96. The van der Waals surface area contributed by atoms with E-state index in [1.165, 1.54) is 44.9 Å². The van der Waals surface area contributed by atoms with Crippen LogP contribution in [0.4, 0.5) is 0 Å². The molecule has 0 atom stereocenters. The largest absolute Gasteiger partial charge is 1.00 e. The zero-order valence-corrected chi connectivity index (χ0v) is 7.26. The summed E-state index contributed by atoms with van der Waals surface area (Å²) in [6, 6.07) is 0. The van der Waals surface area contributed by atoms with Gasteiger partial charge in [-0.05, 0) is 0 Å². The number of hydrogen-bond acceptors (Lipinski definition) is 0.